The van der Waals surface area contributed by atoms with Crippen LogP contribution in [0.5, 0.6) is 0 Å². The molecule has 0 saturated carbocycles. The lowest BCUT2D eigenvalue weighted by molar-refractivity contribution is -0.0901. The minimum Gasteiger partial charge on any atom is -0.393 e. The van der Waals surface area contributed by atoms with Gasteiger partial charge >= 0.3 is 0 Å². The molecule has 1 aromatic carbocycles. The Labute approximate surface area is 186 Å². The molecule has 2 saturated heterocycles. The van der Waals surface area contributed by atoms with Crippen molar-refractivity contribution in [1.29, 1.82) is 0 Å². The van der Waals surface area contributed by atoms with Gasteiger partial charge in [-0.25, -0.2) is 0 Å². The zero-order valence-corrected chi connectivity index (χ0v) is 18.7. The lowest BCUT2D eigenvalue weighted by Gasteiger charge is -2.33. The number of carbonyl (C=O) groups excluding carboxylic acids is 1. The number of thiophene rings is 1. The van der Waals surface area contributed by atoms with E-state index in [2.05, 4.69) is 0 Å². The van der Waals surface area contributed by atoms with E-state index in [9.17, 15) is 15.0 Å². The average molecular weight is 450 g/mol. The van der Waals surface area contributed by atoms with Crippen molar-refractivity contribution in [2.75, 3.05) is 13.1 Å². The number of ether oxygens (including phenoxy) is 1. The first-order chi connectivity index (χ1) is 14.4. The topological polar surface area (TPSA) is 70.0 Å². The number of amides is 1. The van der Waals surface area contributed by atoms with Crippen molar-refractivity contribution in [2.24, 2.45) is 0 Å². The summed E-state index contributed by atoms with van der Waals surface area (Å²) in [6.45, 7) is 3.51. The number of rotatable bonds is 5. The molecule has 3 unspecified atom stereocenters. The van der Waals surface area contributed by atoms with Crippen LogP contribution in [0.25, 0.3) is 0 Å². The second-order valence-corrected chi connectivity index (χ2v) is 9.88. The van der Waals surface area contributed by atoms with Crippen LogP contribution in [0.4, 0.5) is 0 Å². The van der Waals surface area contributed by atoms with Crippen LogP contribution >= 0.6 is 22.9 Å². The van der Waals surface area contributed by atoms with Crippen molar-refractivity contribution in [3.8, 4) is 0 Å². The summed E-state index contributed by atoms with van der Waals surface area (Å²) in [7, 11) is 0. The Kier molecular flexibility index (Phi) is 6.80. The molecule has 7 heteroatoms. The Balaban J connectivity index is 1.56. The van der Waals surface area contributed by atoms with E-state index in [1.54, 1.807) is 6.07 Å². The number of hydrogen-bond acceptors (Lipinski definition) is 5. The van der Waals surface area contributed by atoms with Crippen molar-refractivity contribution in [3.05, 3.63) is 55.7 Å². The molecule has 30 heavy (non-hydrogen) atoms. The van der Waals surface area contributed by atoms with Crippen molar-refractivity contribution >= 4 is 28.8 Å². The van der Waals surface area contributed by atoms with E-state index in [0.717, 1.165) is 52.4 Å². The maximum Gasteiger partial charge on any atom is 0.263 e. The van der Waals surface area contributed by atoms with Crippen LogP contribution in [0.3, 0.4) is 0 Å². The molecule has 2 N–H and O–H groups in total. The molecule has 0 radical (unpaired) electrons. The minimum absolute atomic E-state index is 0.0409. The first-order valence-electron chi connectivity index (χ1n) is 10.6. The molecule has 5 nitrogen and oxygen atoms in total. The van der Waals surface area contributed by atoms with E-state index in [1.165, 1.54) is 11.3 Å². The second-order valence-electron chi connectivity index (χ2n) is 8.30. The zero-order chi connectivity index (χ0) is 21.3. The van der Waals surface area contributed by atoms with Gasteiger partial charge in [-0.05, 0) is 61.1 Å². The van der Waals surface area contributed by atoms with Crippen LogP contribution in [-0.4, -0.2) is 46.3 Å². The molecule has 0 spiro atoms. The fourth-order valence-electron chi connectivity index (χ4n) is 4.42. The monoisotopic (exact) mass is 449 g/mol. The molecule has 2 aromatic rings. The van der Waals surface area contributed by atoms with Gasteiger partial charge in [0, 0.05) is 35.8 Å². The lowest BCUT2D eigenvalue weighted by atomic mass is 9.91. The smallest absolute Gasteiger partial charge is 0.263 e. The van der Waals surface area contributed by atoms with Crippen molar-refractivity contribution in [1.82, 2.24) is 4.90 Å². The van der Waals surface area contributed by atoms with E-state index in [4.69, 9.17) is 16.3 Å². The third-order valence-electron chi connectivity index (χ3n) is 5.94. The summed E-state index contributed by atoms with van der Waals surface area (Å²) in [4.78, 5) is 16.4. The third-order valence-corrected chi connectivity index (χ3v) is 7.37. The highest BCUT2D eigenvalue weighted by Crippen LogP contribution is 2.36. The summed E-state index contributed by atoms with van der Waals surface area (Å²) in [6, 6.07) is 7.68. The van der Waals surface area contributed by atoms with Crippen molar-refractivity contribution < 1.29 is 19.7 Å². The summed E-state index contributed by atoms with van der Waals surface area (Å²) < 4.78 is 6.06. The molecular formula is C23H28ClNO4S. The van der Waals surface area contributed by atoms with Gasteiger partial charge in [0.1, 0.15) is 0 Å². The molecule has 1 aromatic heterocycles. The van der Waals surface area contributed by atoms with E-state index in [0.29, 0.717) is 24.3 Å². The van der Waals surface area contributed by atoms with Crippen molar-refractivity contribution in [3.63, 3.8) is 0 Å². The van der Waals surface area contributed by atoms with Gasteiger partial charge in [-0.2, -0.15) is 0 Å². The molecule has 0 bridgehead atoms. The van der Waals surface area contributed by atoms with Gasteiger partial charge in [0.15, 0.2) is 0 Å². The molecule has 1 amide bonds. The molecular weight excluding hydrogens is 422 g/mol. The minimum atomic E-state index is -0.416. The molecule has 3 atom stereocenters. The van der Waals surface area contributed by atoms with Crippen LogP contribution in [0.2, 0.25) is 5.02 Å². The van der Waals surface area contributed by atoms with Gasteiger partial charge in [0.2, 0.25) is 0 Å². The van der Waals surface area contributed by atoms with Gasteiger partial charge in [-0.15, -0.1) is 11.3 Å². The van der Waals surface area contributed by atoms with Gasteiger partial charge in [0.05, 0.1) is 29.8 Å². The summed E-state index contributed by atoms with van der Waals surface area (Å²) in [5.41, 5.74) is 2.54. The Morgan fingerprint density at radius 2 is 2.00 bits per heavy atom. The Morgan fingerprint density at radius 3 is 2.70 bits per heavy atom. The maximum atomic E-state index is 12.6. The highest BCUT2D eigenvalue weighted by molar-refractivity contribution is 7.14. The number of benzene rings is 1. The van der Waals surface area contributed by atoms with Crippen LogP contribution in [-0.2, 0) is 17.8 Å². The highest BCUT2D eigenvalue weighted by atomic mass is 35.5. The second kappa shape index (κ2) is 9.37. The Morgan fingerprint density at radius 1 is 1.23 bits per heavy atom. The van der Waals surface area contributed by atoms with Gasteiger partial charge in [-0.3, -0.25) is 4.79 Å². The summed E-state index contributed by atoms with van der Waals surface area (Å²) in [6.07, 6.45) is 3.17. The van der Waals surface area contributed by atoms with Gasteiger partial charge in [0.25, 0.3) is 5.91 Å². The fraction of sp³-hybridized carbons (Fsp3) is 0.522. The SMILES string of the molecule is CC1CC(O)CC(c2cc(Cc3ccc(C(=O)N4CCCC4)s3)c(Cl)cc2CO)O1. The average Bonchev–Trinajstić information content (AvgIpc) is 3.40. The predicted octanol–water partition coefficient (Wildman–Crippen LogP) is 4.32. The number of aliphatic hydroxyl groups excluding tert-OH is 2. The Hall–Kier alpha value is -1.44. The normalized spacial score (nSPS) is 24.4. The van der Waals surface area contributed by atoms with Gasteiger partial charge < -0.3 is 19.8 Å². The first kappa shape index (κ1) is 21.8. The van der Waals surface area contributed by atoms with E-state index < -0.39 is 6.10 Å². The maximum absolute atomic E-state index is 12.6. The standard InChI is InChI=1S/C23H28ClNO4S/c1-14-8-17(27)12-21(29-14)19-10-15(20(24)11-16(19)13-26)9-18-4-5-22(30-18)23(28)25-6-2-3-7-25/h4-5,10-11,14,17,21,26-27H,2-3,6-9,12-13H2,1H3. The summed E-state index contributed by atoms with van der Waals surface area (Å²) in [5.74, 6) is 0.116. The Bertz CT molecular complexity index is 899. The highest BCUT2D eigenvalue weighted by Gasteiger charge is 2.29. The van der Waals surface area contributed by atoms with Gasteiger partial charge in [-0.1, -0.05) is 17.7 Å². The first-order valence-corrected chi connectivity index (χ1v) is 11.8. The van der Waals surface area contributed by atoms with Crippen LogP contribution in [0.1, 0.15) is 70.0 Å². The molecule has 162 valence electrons. The molecule has 4 rings (SSSR count). The molecule has 2 aliphatic rings. The molecule has 2 aliphatic heterocycles. The number of aliphatic hydroxyl groups is 2. The number of likely N-dealkylation sites (tertiary alicyclic amines) is 1. The number of hydrogen-bond donors (Lipinski definition) is 2. The van der Waals surface area contributed by atoms with Crippen LogP contribution < -0.4 is 0 Å². The number of carbonyl (C=O) groups is 1. The molecule has 2 fully saturated rings. The van der Waals surface area contributed by atoms with E-state index >= 15 is 0 Å². The third kappa shape index (κ3) is 4.73. The molecule has 3 heterocycles. The predicted molar refractivity (Wildman–Crippen MR) is 118 cm³/mol. The largest absolute Gasteiger partial charge is 0.393 e. The fourth-order valence-corrected chi connectivity index (χ4v) is 5.67. The lowest BCUT2D eigenvalue weighted by Crippen LogP contribution is -2.30. The van der Waals surface area contributed by atoms with Crippen LogP contribution in [0, 0.1) is 0 Å². The summed E-state index contributed by atoms with van der Waals surface area (Å²) >= 11 is 8.04. The summed E-state index contributed by atoms with van der Waals surface area (Å²) in [5, 5.41) is 20.6. The quantitative estimate of drug-likeness (QED) is 0.713. The van der Waals surface area contributed by atoms with E-state index in [1.807, 2.05) is 30.0 Å². The number of nitrogens with zero attached hydrogens (tertiary/aromatic N) is 1. The number of halogens is 1. The van der Waals surface area contributed by atoms with Crippen molar-refractivity contribution in [2.45, 2.75) is 63.9 Å². The molecule has 0 aliphatic carbocycles. The van der Waals surface area contributed by atoms with Crippen LogP contribution in [0.15, 0.2) is 24.3 Å². The van der Waals surface area contributed by atoms with E-state index in [-0.39, 0.29) is 24.7 Å². The zero-order valence-electron chi connectivity index (χ0n) is 17.1.